The number of benzene rings is 9. The average Bonchev–Trinajstić information content (AvgIpc) is 4.18. The van der Waals surface area contributed by atoms with Crippen molar-refractivity contribution < 1.29 is 8.83 Å². The maximum atomic E-state index is 7.08. The third-order valence-corrected chi connectivity index (χ3v) is 18.3. The molecule has 0 bridgehead atoms. The van der Waals surface area contributed by atoms with Gasteiger partial charge in [0.1, 0.15) is 22.3 Å². The van der Waals surface area contributed by atoms with Gasteiger partial charge < -0.3 is 13.7 Å². The molecular weight excluding hydrogens is 887 g/mol. The van der Waals surface area contributed by atoms with Crippen LogP contribution in [0.2, 0.25) is 0 Å². The maximum Gasteiger partial charge on any atom is 0.144 e. The summed E-state index contributed by atoms with van der Waals surface area (Å²) < 4.78 is 13.6. The maximum absolute atomic E-state index is 7.08. The molecule has 9 aromatic carbocycles. The monoisotopic (exact) mass is 945 g/mol. The van der Waals surface area contributed by atoms with Crippen molar-refractivity contribution in [1.29, 1.82) is 0 Å². The first-order valence-corrected chi connectivity index (χ1v) is 26.3. The third-order valence-electron chi connectivity index (χ3n) is 18.3. The molecule has 4 aliphatic rings. The van der Waals surface area contributed by atoms with Gasteiger partial charge in [-0.2, -0.15) is 0 Å². The molecule has 2 aromatic heterocycles. The molecular formula is C70H59NO2. The van der Waals surface area contributed by atoms with Gasteiger partial charge in [0.15, 0.2) is 0 Å². The predicted molar refractivity (Wildman–Crippen MR) is 305 cm³/mol. The smallest absolute Gasteiger partial charge is 0.144 e. The Bertz CT molecular complexity index is 4310. The summed E-state index contributed by atoms with van der Waals surface area (Å²) in [6, 6.07) is 59.5. The van der Waals surface area contributed by atoms with E-state index in [9.17, 15) is 0 Å². The summed E-state index contributed by atoms with van der Waals surface area (Å²) in [6.07, 6.45) is 0. The molecule has 0 unspecified atom stereocenters. The molecule has 2 heterocycles. The van der Waals surface area contributed by atoms with E-state index < -0.39 is 0 Å². The third kappa shape index (κ3) is 5.30. The highest BCUT2D eigenvalue weighted by atomic mass is 16.3. The quantitative estimate of drug-likeness (QED) is 0.177. The molecule has 0 spiro atoms. The van der Waals surface area contributed by atoms with Crippen LogP contribution in [0, 0.1) is 0 Å². The first kappa shape index (κ1) is 43.0. The fraction of sp³-hybridized carbons (Fsp3) is 0.229. The zero-order chi connectivity index (χ0) is 50.0. The minimum Gasteiger partial charge on any atom is -0.456 e. The average molecular weight is 946 g/mol. The van der Waals surface area contributed by atoms with Gasteiger partial charge in [-0.25, -0.2) is 0 Å². The lowest BCUT2D eigenvalue weighted by Gasteiger charge is -2.34. The van der Waals surface area contributed by atoms with Gasteiger partial charge in [-0.15, -0.1) is 0 Å². The van der Waals surface area contributed by atoms with Crippen molar-refractivity contribution in [2.24, 2.45) is 0 Å². The number of anilines is 3. The van der Waals surface area contributed by atoms with E-state index in [0.717, 1.165) is 33.7 Å². The molecule has 0 fully saturated rings. The number of hydrogen-bond acceptors (Lipinski definition) is 3. The number of para-hydroxylation sites is 3. The SMILES string of the molecule is CC(C)(C)c1ccccc1N(c1ccc2c(c1)C(C)(C)c1cc3c(cc1-2)C(C)(C)c1ccc2oc4ccccc4c2c1-3)c1ccc2c(c1)C(C)(C)c1c3c(c4c(oc5ccccc54)c1-2)-c1ccccc1C3(C)C. The fourth-order valence-electron chi connectivity index (χ4n) is 14.8. The van der Waals surface area contributed by atoms with Crippen molar-refractivity contribution >= 4 is 60.9 Å². The van der Waals surface area contributed by atoms with Crippen LogP contribution in [0.5, 0.6) is 0 Å². The molecule has 0 radical (unpaired) electrons. The lowest BCUT2D eigenvalue weighted by molar-refractivity contribution is 0.591. The van der Waals surface area contributed by atoms with Crippen LogP contribution in [0.3, 0.4) is 0 Å². The lowest BCUT2D eigenvalue weighted by Crippen LogP contribution is -2.24. The van der Waals surface area contributed by atoms with Gasteiger partial charge in [0.2, 0.25) is 0 Å². The van der Waals surface area contributed by atoms with E-state index >= 15 is 0 Å². The van der Waals surface area contributed by atoms with Crippen LogP contribution < -0.4 is 4.90 Å². The van der Waals surface area contributed by atoms with Crippen molar-refractivity contribution in [3.63, 3.8) is 0 Å². The highest BCUT2D eigenvalue weighted by molar-refractivity contribution is 6.21. The zero-order valence-corrected chi connectivity index (χ0v) is 43.8. The molecule has 3 heteroatoms. The number of fused-ring (bicyclic) bond motifs is 22. The summed E-state index contributed by atoms with van der Waals surface area (Å²) in [7, 11) is 0. The first-order chi connectivity index (χ1) is 34.9. The van der Waals surface area contributed by atoms with E-state index in [1.54, 1.807) is 0 Å². The molecule has 73 heavy (non-hydrogen) atoms. The molecule has 0 saturated heterocycles. The summed E-state index contributed by atoms with van der Waals surface area (Å²) in [5.74, 6) is 0. The number of nitrogens with zero attached hydrogens (tertiary/aromatic N) is 1. The molecule has 11 aromatic rings. The standard InChI is InChI=1S/C70H59NO2/c1-66(2,3)48-24-16-17-25-54(48)71(38-28-30-40-45-36-53-46(37-52(45)68(6,7)50(40)34-38)58-49(67(53,4)5)32-33-57-59(58)43-21-13-18-26-55(43)72-57)39-29-31-42-51(35-39)70(10,11)64-62(42)65-61(44-22-14-19-27-56(44)73-65)60-41-20-12-15-23-47(41)69(8,9)63(60)64/h12-37H,1-11H3. The molecule has 0 N–H and O–H groups in total. The second kappa shape index (κ2) is 13.7. The minimum atomic E-state index is -0.338. The summed E-state index contributed by atoms with van der Waals surface area (Å²) in [6.45, 7) is 26.5. The molecule has 356 valence electrons. The largest absolute Gasteiger partial charge is 0.456 e. The highest BCUT2D eigenvalue weighted by Gasteiger charge is 2.49. The second-order valence-electron chi connectivity index (χ2n) is 24.8. The summed E-state index contributed by atoms with van der Waals surface area (Å²) in [5.41, 5.74) is 29.0. The van der Waals surface area contributed by atoms with Crippen LogP contribution in [0.15, 0.2) is 167 Å². The van der Waals surface area contributed by atoms with Crippen molar-refractivity contribution in [3.8, 4) is 44.5 Å². The highest BCUT2D eigenvalue weighted by Crippen LogP contribution is 2.64. The number of rotatable bonds is 3. The topological polar surface area (TPSA) is 29.5 Å². The van der Waals surface area contributed by atoms with E-state index in [0.29, 0.717) is 0 Å². The first-order valence-electron chi connectivity index (χ1n) is 26.3. The van der Waals surface area contributed by atoms with Crippen molar-refractivity contribution in [2.75, 3.05) is 4.90 Å². The molecule has 0 atom stereocenters. The Morgan fingerprint density at radius 1 is 0.370 bits per heavy atom. The van der Waals surface area contributed by atoms with Gasteiger partial charge in [-0.05, 0) is 155 Å². The van der Waals surface area contributed by atoms with Crippen LogP contribution in [-0.2, 0) is 27.1 Å². The Balaban J connectivity index is 0.930. The summed E-state index contributed by atoms with van der Waals surface area (Å²) >= 11 is 0. The Labute approximate surface area is 428 Å². The van der Waals surface area contributed by atoms with E-state index in [-0.39, 0.29) is 27.1 Å². The van der Waals surface area contributed by atoms with E-state index in [1.807, 2.05) is 0 Å². The fourth-order valence-corrected chi connectivity index (χ4v) is 14.8. The van der Waals surface area contributed by atoms with Crippen molar-refractivity contribution in [2.45, 2.75) is 103 Å². The molecule has 3 nitrogen and oxygen atoms in total. The molecule has 0 saturated carbocycles. The van der Waals surface area contributed by atoms with Crippen LogP contribution >= 0.6 is 0 Å². The van der Waals surface area contributed by atoms with Gasteiger partial charge in [-0.1, -0.05) is 173 Å². The Morgan fingerprint density at radius 2 is 0.904 bits per heavy atom. The van der Waals surface area contributed by atoms with Gasteiger partial charge in [0, 0.05) is 65.8 Å². The van der Waals surface area contributed by atoms with Crippen LogP contribution in [0.1, 0.15) is 126 Å². The summed E-state index contributed by atoms with van der Waals surface area (Å²) in [4.78, 5) is 2.56. The van der Waals surface area contributed by atoms with Gasteiger partial charge in [-0.3, -0.25) is 0 Å². The predicted octanol–water partition coefficient (Wildman–Crippen LogP) is 19.5. The zero-order valence-electron chi connectivity index (χ0n) is 43.8. The normalized spacial score (nSPS) is 16.6. The molecule has 0 aliphatic heterocycles. The van der Waals surface area contributed by atoms with E-state index in [4.69, 9.17) is 8.83 Å². The van der Waals surface area contributed by atoms with Crippen molar-refractivity contribution in [3.05, 3.63) is 208 Å². The molecule has 4 aliphatic carbocycles. The van der Waals surface area contributed by atoms with Gasteiger partial charge >= 0.3 is 0 Å². The molecule has 15 rings (SSSR count). The van der Waals surface area contributed by atoms with E-state index in [1.165, 1.54) is 122 Å². The Kier molecular flexibility index (Phi) is 8.07. The van der Waals surface area contributed by atoms with Crippen molar-refractivity contribution in [1.82, 2.24) is 0 Å². The van der Waals surface area contributed by atoms with E-state index in [2.05, 4.69) is 239 Å². The molecule has 0 amide bonds. The van der Waals surface area contributed by atoms with Crippen LogP contribution in [0.25, 0.3) is 88.4 Å². The lowest BCUT2D eigenvalue weighted by atomic mass is 9.72. The Morgan fingerprint density at radius 3 is 1.64 bits per heavy atom. The number of hydrogen-bond donors (Lipinski definition) is 0. The second-order valence-corrected chi connectivity index (χ2v) is 24.8. The van der Waals surface area contributed by atoms with Crippen LogP contribution in [-0.4, -0.2) is 0 Å². The van der Waals surface area contributed by atoms with Gasteiger partial charge in [0.05, 0.1) is 0 Å². The van der Waals surface area contributed by atoms with Crippen LogP contribution in [0.4, 0.5) is 17.1 Å². The summed E-state index contributed by atoms with van der Waals surface area (Å²) in [5, 5.41) is 4.82. The Hall–Kier alpha value is -7.62. The van der Waals surface area contributed by atoms with Gasteiger partial charge in [0.25, 0.3) is 0 Å². The number of furan rings is 2. The minimum absolute atomic E-state index is 0.114.